The highest BCUT2D eigenvalue weighted by Crippen LogP contribution is 2.27. The van der Waals surface area contributed by atoms with E-state index in [-0.39, 0.29) is 5.76 Å². The molecule has 20 heavy (non-hydrogen) atoms. The van der Waals surface area contributed by atoms with Crippen molar-refractivity contribution in [1.29, 1.82) is 0 Å². The number of carbonyl (C=O) groups is 2. The maximum Gasteiger partial charge on any atom is 0.815 e. The number of benzene rings is 1. The van der Waals surface area contributed by atoms with Gasteiger partial charge in [-0.25, -0.2) is 0 Å². The van der Waals surface area contributed by atoms with Crippen LogP contribution in [0.15, 0.2) is 29.8 Å². The fourth-order valence-electron chi connectivity index (χ4n) is 1.36. The van der Waals surface area contributed by atoms with Gasteiger partial charge in [0.1, 0.15) is 17.1 Å². The maximum atomic E-state index is 11.3. The predicted octanol–water partition coefficient (Wildman–Crippen LogP) is 3.42. The average Bonchev–Trinajstić information content (AvgIpc) is 2.36. The molecule has 0 aromatic heterocycles. The summed E-state index contributed by atoms with van der Waals surface area (Å²) < 4.78 is 10.2. The molecule has 0 radical (unpaired) electrons. The van der Waals surface area contributed by atoms with Crippen molar-refractivity contribution in [2.75, 3.05) is 7.11 Å². The largest absolute Gasteiger partial charge is 0.815 e. The summed E-state index contributed by atoms with van der Waals surface area (Å²) >= 11 is 8.07. The number of hydrogen-bond acceptors (Lipinski definition) is 4. The minimum absolute atomic E-state index is 0.144. The molecule has 0 heterocycles. The number of allylic oxidation sites excluding steroid dienone is 1. The Hall–Kier alpha value is -0.408. The van der Waals surface area contributed by atoms with E-state index in [1.54, 1.807) is 24.3 Å². The molecule has 106 valence electrons. The Labute approximate surface area is 138 Å². The average molecular weight is 372 g/mol. The van der Waals surface area contributed by atoms with Crippen molar-refractivity contribution < 1.29 is 18.1 Å². The summed E-state index contributed by atoms with van der Waals surface area (Å²) in [6, 6.07) is 6.32. The van der Waals surface area contributed by atoms with E-state index in [1.807, 2.05) is 0 Å². The third-order valence-electron chi connectivity index (χ3n) is 2.18. The Morgan fingerprint density at radius 1 is 1.05 bits per heavy atom. The second-order valence-electron chi connectivity index (χ2n) is 3.36. The molecule has 1 aromatic carbocycles. The molecule has 0 saturated carbocycles. The summed E-state index contributed by atoms with van der Waals surface area (Å²) in [5.74, 6) is 0.434. The third-order valence-corrected chi connectivity index (χ3v) is 3.51. The van der Waals surface area contributed by atoms with Gasteiger partial charge in [0.05, 0.1) is 7.11 Å². The molecule has 0 unspecified atom stereocenters. The Morgan fingerprint density at radius 3 is 1.90 bits per heavy atom. The molecule has 0 aliphatic rings. The Bertz CT molecular complexity index is 526. The van der Waals surface area contributed by atoms with E-state index in [1.165, 1.54) is 7.11 Å². The van der Waals surface area contributed by atoms with E-state index in [4.69, 9.17) is 51.8 Å². The van der Waals surface area contributed by atoms with Gasteiger partial charge in [-0.2, -0.15) is 20.1 Å². The lowest BCUT2D eigenvalue weighted by molar-refractivity contribution is -0.113. The molecule has 0 aliphatic carbocycles. The highest BCUT2D eigenvalue weighted by atomic mass is 35.7. The van der Waals surface area contributed by atoms with Gasteiger partial charge in [-0.1, -0.05) is 0 Å². The first-order valence-electron chi connectivity index (χ1n) is 5.10. The van der Waals surface area contributed by atoms with E-state index in [0.29, 0.717) is 11.3 Å². The minimum atomic E-state index is -2.62. The van der Waals surface area contributed by atoms with Crippen LogP contribution in [-0.2, 0) is 13.4 Å². The van der Waals surface area contributed by atoms with Crippen molar-refractivity contribution in [3.05, 3.63) is 35.4 Å². The topological polar surface area (TPSA) is 52.6 Å². The lowest BCUT2D eigenvalue weighted by Crippen LogP contribution is -2.11. The molecule has 4 nitrogen and oxygen atoms in total. The van der Waals surface area contributed by atoms with Crippen LogP contribution in [0.2, 0.25) is 0 Å². The zero-order valence-corrected chi connectivity index (χ0v) is 14.2. The summed E-state index contributed by atoms with van der Waals surface area (Å²) in [7, 11) is 12.8. The molecule has 1 rings (SSSR count). The first-order chi connectivity index (χ1) is 9.36. The molecular weight excluding hydrogens is 365 g/mol. The molecule has 0 bridgehead atoms. The molecule has 0 saturated heterocycles. The van der Waals surface area contributed by atoms with Crippen LogP contribution in [0, 0.1) is 0 Å². The standard InChI is InChI=1S/C11H8Cl2O4.Al.2ClH/c1-17-7-4-2-6(3-5-7)9(14)8(10(12)15)11(13)16;;;/h2-5,14H,1H3;;2*1H/q;+3;;/p-3. The van der Waals surface area contributed by atoms with Crippen LogP contribution in [0.25, 0.3) is 5.76 Å². The van der Waals surface area contributed by atoms with Gasteiger partial charge in [0.25, 0.3) is 10.5 Å². The summed E-state index contributed by atoms with van der Waals surface area (Å²) in [6.07, 6.45) is 0. The number of hydrogen-bond donors (Lipinski definition) is 0. The molecular formula is C11H7AlCl4O4. The van der Waals surface area contributed by atoms with E-state index in [9.17, 15) is 9.59 Å². The van der Waals surface area contributed by atoms with Gasteiger partial charge in [0.2, 0.25) is 0 Å². The van der Waals surface area contributed by atoms with Crippen LogP contribution in [0.3, 0.4) is 0 Å². The molecule has 0 spiro atoms. The maximum absolute atomic E-state index is 11.3. The lowest BCUT2D eigenvalue weighted by Gasteiger charge is -2.14. The van der Waals surface area contributed by atoms with Crippen LogP contribution in [0.4, 0.5) is 0 Å². The number of halogens is 4. The minimum Gasteiger partial charge on any atom is -0.619 e. The van der Waals surface area contributed by atoms with Gasteiger partial charge in [-0.05, 0) is 47.5 Å². The fraction of sp³-hybridized carbons (Fsp3) is 0.0909. The Balaban J connectivity index is 3.39. The summed E-state index contributed by atoms with van der Waals surface area (Å²) in [6.45, 7) is 0. The second-order valence-corrected chi connectivity index (χ2v) is 7.85. The van der Waals surface area contributed by atoms with Gasteiger partial charge in [0, 0.05) is 5.56 Å². The quantitative estimate of drug-likeness (QED) is 0.192. The molecule has 0 amide bonds. The number of carbonyl (C=O) groups excluding carboxylic acids is 2. The van der Waals surface area contributed by atoms with E-state index in [2.05, 4.69) is 0 Å². The van der Waals surface area contributed by atoms with Crippen LogP contribution >= 0.6 is 43.3 Å². The van der Waals surface area contributed by atoms with Gasteiger partial charge in [0.15, 0.2) is 0 Å². The van der Waals surface area contributed by atoms with Crippen molar-refractivity contribution in [3.63, 3.8) is 0 Å². The second kappa shape index (κ2) is 8.14. The normalized spacial score (nSPS) is 9.65. The Kier molecular flexibility index (Phi) is 7.18. The van der Waals surface area contributed by atoms with Crippen LogP contribution in [-0.4, -0.2) is 30.2 Å². The number of methoxy groups -OCH3 is 1. The molecule has 9 heteroatoms. The van der Waals surface area contributed by atoms with Crippen molar-refractivity contribution in [2.45, 2.75) is 0 Å². The molecule has 0 N–H and O–H groups in total. The SMILES string of the molecule is COc1ccc(C([O][Al]([Cl])[Cl])=C(C(=O)Cl)C(=O)Cl)cc1. The lowest BCUT2D eigenvalue weighted by atomic mass is 10.1. The Morgan fingerprint density at radius 2 is 1.55 bits per heavy atom. The van der Waals surface area contributed by atoms with Gasteiger partial charge >= 0.3 is 12.6 Å². The van der Waals surface area contributed by atoms with Crippen molar-refractivity contribution >= 4 is 72.2 Å². The third kappa shape index (κ3) is 4.85. The van der Waals surface area contributed by atoms with E-state index >= 15 is 0 Å². The van der Waals surface area contributed by atoms with Crippen molar-refractivity contribution in [3.8, 4) is 5.75 Å². The first-order valence-corrected chi connectivity index (χ1v) is 9.82. The van der Waals surface area contributed by atoms with Crippen LogP contribution in [0.5, 0.6) is 5.75 Å². The van der Waals surface area contributed by atoms with Gasteiger partial charge < -0.3 is 8.53 Å². The summed E-state index contributed by atoms with van der Waals surface area (Å²) in [4.78, 5) is 22.7. The van der Waals surface area contributed by atoms with Crippen molar-refractivity contribution in [2.24, 2.45) is 0 Å². The highest BCUT2D eigenvalue weighted by Gasteiger charge is 2.27. The first kappa shape index (κ1) is 17.6. The summed E-state index contributed by atoms with van der Waals surface area (Å²) in [5, 5.41) is -2.11. The zero-order valence-electron chi connectivity index (χ0n) is 10.0. The monoisotopic (exact) mass is 370 g/mol. The zero-order chi connectivity index (χ0) is 15.3. The van der Waals surface area contributed by atoms with Crippen LogP contribution < -0.4 is 4.74 Å². The van der Waals surface area contributed by atoms with Gasteiger partial charge in [-0.3, -0.25) is 9.59 Å². The summed E-state index contributed by atoms with van der Waals surface area (Å²) in [5.41, 5.74) is -0.139. The molecule has 0 fully saturated rings. The highest BCUT2D eigenvalue weighted by molar-refractivity contribution is 7.31. The van der Waals surface area contributed by atoms with Gasteiger partial charge in [-0.15, -0.1) is 0 Å². The van der Waals surface area contributed by atoms with Crippen molar-refractivity contribution in [1.82, 2.24) is 0 Å². The number of ether oxygens (including phenoxy) is 1. The molecule has 1 aromatic rings. The van der Waals surface area contributed by atoms with E-state index in [0.717, 1.165) is 0 Å². The smallest absolute Gasteiger partial charge is 0.619 e. The fourth-order valence-corrected chi connectivity index (χ4v) is 2.72. The molecule has 0 atom stereocenters. The van der Waals surface area contributed by atoms with E-state index < -0.39 is 28.7 Å². The van der Waals surface area contributed by atoms with Crippen LogP contribution in [0.1, 0.15) is 5.56 Å². The number of rotatable bonds is 6. The molecule has 0 aliphatic heterocycles. The predicted molar refractivity (Wildman–Crippen MR) is 80.2 cm³/mol.